The number of benzene rings is 3. The molecule has 3 rings (SSSR count). The van der Waals surface area contributed by atoms with E-state index in [4.69, 9.17) is 17.0 Å². The van der Waals surface area contributed by atoms with Crippen molar-refractivity contribution >= 4 is 28.7 Å². The molecule has 2 N–H and O–H groups in total. The maximum atomic E-state index is 5.82. The van der Waals surface area contributed by atoms with Crippen LogP contribution in [0, 0.1) is 13.8 Å². The second-order valence-electron chi connectivity index (χ2n) is 6.86. The molecule has 5 heteroatoms. The van der Waals surface area contributed by atoms with Crippen molar-refractivity contribution in [1.29, 1.82) is 0 Å². The van der Waals surface area contributed by atoms with Crippen molar-refractivity contribution < 1.29 is 4.74 Å². The van der Waals surface area contributed by atoms with Crippen LogP contribution < -0.4 is 15.5 Å². The lowest BCUT2D eigenvalue weighted by molar-refractivity contribution is 0.306. The van der Waals surface area contributed by atoms with E-state index in [1.165, 1.54) is 11.1 Å². The molecule has 4 nitrogen and oxygen atoms in total. The molecule has 0 heterocycles. The van der Waals surface area contributed by atoms with Crippen molar-refractivity contribution in [2.75, 3.05) is 5.32 Å². The third kappa shape index (κ3) is 6.16. The van der Waals surface area contributed by atoms with Crippen LogP contribution in [0.3, 0.4) is 0 Å². The van der Waals surface area contributed by atoms with Crippen molar-refractivity contribution in [3.8, 4) is 5.75 Å². The Labute approximate surface area is 177 Å². The van der Waals surface area contributed by atoms with Crippen LogP contribution in [0.4, 0.5) is 5.69 Å². The summed E-state index contributed by atoms with van der Waals surface area (Å²) >= 11 is 5.33. The highest BCUT2D eigenvalue weighted by atomic mass is 32.1. The van der Waals surface area contributed by atoms with Crippen LogP contribution in [0.2, 0.25) is 0 Å². The standard InChI is InChI=1S/C24H25N3OS/c1-17-9-12-22(15-18(17)2)25-24(29)27-26-19(3)21-10-13-23(14-11-21)28-16-20-7-5-4-6-8-20/h4-15H,16H2,1-3H3,(H2,25,27,29)/b26-19+. The molecule has 0 amide bonds. The Morgan fingerprint density at radius 1 is 0.931 bits per heavy atom. The van der Waals surface area contributed by atoms with Crippen LogP contribution in [0.1, 0.15) is 29.2 Å². The number of nitrogens with one attached hydrogen (secondary N) is 2. The Kier molecular flexibility index (Phi) is 6.98. The minimum Gasteiger partial charge on any atom is -0.489 e. The third-order valence-corrected chi connectivity index (χ3v) is 4.80. The second kappa shape index (κ2) is 9.85. The highest BCUT2D eigenvalue weighted by Gasteiger charge is 2.02. The Balaban J connectivity index is 1.53. The van der Waals surface area contributed by atoms with Gasteiger partial charge >= 0.3 is 0 Å². The van der Waals surface area contributed by atoms with E-state index in [1.54, 1.807) is 0 Å². The van der Waals surface area contributed by atoms with Crippen LogP contribution in [0.15, 0.2) is 77.9 Å². The maximum absolute atomic E-state index is 5.82. The van der Waals surface area contributed by atoms with E-state index >= 15 is 0 Å². The summed E-state index contributed by atoms with van der Waals surface area (Å²) in [7, 11) is 0. The maximum Gasteiger partial charge on any atom is 0.191 e. The fraction of sp³-hybridized carbons (Fsp3) is 0.167. The zero-order valence-electron chi connectivity index (χ0n) is 16.9. The van der Waals surface area contributed by atoms with E-state index in [2.05, 4.69) is 41.8 Å². The Morgan fingerprint density at radius 2 is 1.66 bits per heavy atom. The molecule has 0 aliphatic carbocycles. The molecule has 0 atom stereocenters. The number of hydrogen-bond acceptors (Lipinski definition) is 3. The van der Waals surface area contributed by atoms with E-state index in [9.17, 15) is 0 Å². The number of thiocarbonyl (C=S) groups is 1. The van der Waals surface area contributed by atoms with Gasteiger partial charge in [-0.1, -0.05) is 36.4 Å². The molecule has 3 aromatic rings. The lowest BCUT2D eigenvalue weighted by Gasteiger charge is -2.10. The van der Waals surface area contributed by atoms with Crippen LogP contribution in [-0.2, 0) is 6.61 Å². The fourth-order valence-electron chi connectivity index (χ4n) is 2.71. The van der Waals surface area contributed by atoms with E-state index in [0.717, 1.165) is 28.3 Å². The van der Waals surface area contributed by atoms with Crippen molar-refractivity contribution in [1.82, 2.24) is 5.43 Å². The van der Waals surface area contributed by atoms with Gasteiger partial charge < -0.3 is 10.1 Å². The zero-order valence-corrected chi connectivity index (χ0v) is 17.7. The highest BCUT2D eigenvalue weighted by Crippen LogP contribution is 2.15. The first kappa shape index (κ1) is 20.6. The van der Waals surface area contributed by atoms with E-state index in [-0.39, 0.29) is 0 Å². The average Bonchev–Trinajstić information content (AvgIpc) is 2.74. The number of hydrogen-bond donors (Lipinski definition) is 2. The molecule has 0 radical (unpaired) electrons. The van der Waals surface area contributed by atoms with Gasteiger partial charge in [0.1, 0.15) is 12.4 Å². The Hall–Kier alpha value is -3.18. The van der Waals surface area contributed by atoms with Crippen molar-refractivity contribution in [2.45, 2.75) is 27.4 Å². The molecular weight excluding hydrogens is 378 g/mol. The van der Waals surface area contributed by atoms with E-state index in [1.807, 2.05) is 67.6 Å². The molecule has 3 aromatic carbocycles. The number of rotatable bonds is 6. The first-order chi connectivity index (χ1) is 14.0. The predicted octanol–water partition coefficient (Wildman–Crippen LogP) is 5.59. The molecule has 0 aromatic heterocycles. The quantitative estimate of drug-likeness (QED) is 0.320. The van der Waals surface area contributed by atoms with Gasteiger partial charge in [0.2, 0.25) is 0 Å². The molecule has 29 heavy (non-hydrogen) atoms. The van der Waals surface area contributed by atoms with Crippen LogP contribution >= 0.6 is 12.2 Å². The van der Waals surface area contributed by atoms with Gasteiger partial charge in [0.15, 0.2) is 5.11 Å². The summed E-state index contributed by atoms with van der Waals surface area (Å²) in [5.74, 6) is 0.824. The van der Waals surface area contributed by atoms with Gasteiger partial charge in [-0.15, -0.1) is 0 Å². The molecular formula is C24H25N3OS. The van der Waals surface area contributed by atoms with Crippen molar-refractivity contribution in [2.24, 2.45) is 5.10 Å². The van der Waals surface area contributed by atoms with Crippen LogP contribution in [-0.4, -0.2) is 10.8 Å². The van der Waals surface area contributed by atoms with Gasteiger partial charge in [-0.2, -0.15) is 5.10 Å². The summed E-state index contributed by atoms with van der Waals surface area (Å²) in [5.41, 5.74) is 9.29. The second-order valence-corrected chi connectivity index (χ2v) is 7.27. The lowest BCUT2D eigenvalue weighted by atomic mass is 10.1. The van der Waals surface area contributed by atoms with Gasteiger partial charge in [0, 0.05) is 5.69 Å². The largest absolute Gasteiger partial charge is 0.489 e. The summed E-state index contributed by atoms with van der Waals surface area (Å²) in [5, 5.41) is 7.98. The minimum absolute atomic E-state index is 0.454. The highest BCUT2D eigenvalue weighted by molar-refractivity contribution is 7.80. The van der Waals surface area contributed by atoms with Crippen LogP contribution in [0.25, 0.3) is 0 Å². The third-order valence-electron chi connectivity index (χ3n) is 4.61. The van der Waals surface area contributed by atoms with E-state index < -0.39 is 0 Å². The molecule has 148 valence electrons. The Morgan fingerprint density at radius 3 is 2.34 bits per heavy atom. The molecule has 0 aliphatic heterocycles. The summed E-state index contributed by atoms with van der Waals surface area (Å²) in [4.78, 5) is 0. The summed E-state index contributed by atoms with van der Waals surface area (Å²) < 4.78 is 5.82. The molecule has 0 unspecified atom stereocenters. The first-order valence-electron chi connectivity index (χ1n) is 9.47. The van der Waals surface area contributed by atoms with Crippen molar-refractivity contribution in [3.63, 3.8) is 0 Å². The first-order valence-corrected chi connectivity index (χ1v) is 9.88. The predicted molar refractivity (Wildman–Crippen MR) is 125 cm³/mol. The summed E-state index contributed by atoms with van der Waals surface area (Å²) in [6.07, 6.45) is 0. The summed E-state index contributed by atoms with van der Waals surface area (Å²) in [6, 6.07) is 24.1. The topological polar surface area (TPSA) is 45.7 Å². The zero-order chi connectivity index (χ0) is 20.6. The minimum atomic E-state index is 0.454. The van der Waals surface area contributed by atoms with Gasteiger partial charge in [-0.05, 0) is 91.6 Å². The average molecular weight is 404 g/mol. The fourth-order valence-corrected chi connectivity index (χ4v) is 2.87. The van der Waals surface area contributed by atoms with E-state index in [0.29, 0.717) is 11.7 Å². The van der Waals surface area contributed by atoms with Crippen molar-refractivity contribution in [3.05, 3.63) is 95.1 Å². The molecule has 0 spiro atoms. The molecule has 0 aliphatic rings. The lowest BCUT2D eigenvalue weighted by Crippen LogP contribution is -2.25. The molecule has 0 fully saturated rings. The number of ether oxygens (including phenoxy) is 1. The molecule has 0 saturated carbocycles. The van der Waals surface area contributed by atoms with Gasteiger partial charge in [-0.25, -0.2) is 0 Å². The van der Waals surface area contributed by atoms with Gasteiger partial charge in [-0.3, -0.25) is 5.43 Å². The molecule has 0 bridgehead atoms. The van der Waals surface area contributed by atoms with Crippen LogP contribution in [0.5, 0.6) is 5.75 Å². The normalized spacial score (nSPS) is 11.1. The smallest absolute Gasteiger partial charge is 0.191 e. The van der Waals surface area contributed by atoms with Gasteiger partial charge in [0.25, 0.3) is 0 Å². The monoisotopic (exact) mass is 403 g/mol. The van der Waals surface area contributed by atoms with Gasteiger partial charge in [0.05, 0.1) is 5.71 Å². The summed E-state index contributed by atoms with van der Waals surface area (Å²) in [6.45, 7) is 6.65. The number of nitrogens with zero attached hydrogens (tertiary/aromatic N) is 1. The number of hydrazone groups is 1. The Bertz CT molecular complexity index is 998. The number of aryl methyl sites for hydroxylation is 2. The SMILES string of the molecule is C/C(=N\NC(=S)Nc1ccc(C)c(C)c1)c1ccc(OCc2ccccc2)cc1. The number of anilines is 1. The molecule has 0 saturated heterocycles.